The standard InChI is InChI=1S/C56H73N11O7S/c1-35-43-32-59-55(63-51(43)67(40-15-13-14-16-40)53(73)48(35)37(3)68)61-45-24-23-41(31-57-45)64-25-27-65(28-26-64)47(71)18-12-10-8-7-9-11-17-46(70)62-50(56(4,5)6)54(74)66-33-42(69)29-44(66)52(72)58-30-38-19-21-39(22-20-38)49-36(2)60-34-75-49/h19-24,31-32,34,40,42,44,50,69H,7-18,25-30,33H2,1-6H3,(H,58,72)(H,62,70)(H,57,59,61,63)/t42-,44+,50?/m1/s1. The molecule has 0 bridgehead atoms. The first-order valence-corrected chi connectivity index (χ1v) is 27.6. The maximum Gasteiger partial charge on any atom is 0.263 e. The van der Waals surface area contributed by atoms with Crippen molar-refractivity contribution in [3.05, 3.63) is 87.0 Å². The summed E-state index contributed by atoms with van der Waals surface area (Å²) in [5.41, 5.74) is 6.09. The first-order valence-electron chi connectivity index (χ1n) is 26.7. The predicted octanol–water partition coefficient (Wildman–Crippen LogP) is 7.57. The molecule has 0 radical (unpaired) electrons. The number of likely N-dealkylation sites (tertiary alicyclic amines) is 1. The summed E-state index contributed by atoms with van der Waals surface area (Å²) in [4.78, 5) is 105. The molecular formula is C56H73N11O7S. The number of aromatic nitrogens is 5. The SMILES string of the molecule is CC(=O)c1c(C)c2cnc(Nc3ccc(N4CCN(C(=O)CCCCCCCCC(=O)NC(C(=O)N5C[C@H](O)C[C@H]5C(=O)NCc5ccc(-c6scnc6C)cc5)C(C)(C)C)CC4)cn3)nc2n(C2CCCC2)c1=O. The number of hydrogen-bond acceptors (Lipinski definition) is 14. The molecule has 4 aromatic heterocycles. The predicted molar refractivity (Wildman–Crippen MR) is 291 cm³/mol. The van der Waals surface area contributed by atoms with Gasteiger partial charge in [-0.1, -0.05) is 83.6 Å². The van der Waals surface area contributed by atoms with Gasteiger partial charge in [0, 0.05) is 76.2 Å². The fourth-order valence-corrected chi connectivity index (χ4v) is 11.5. The summed E-state index contributed by atoms with van der Waals surface area (Å²) >= 11 is 1.58. The zero-order valence-electron chi connectivity index (χ0n) is 44.3. The molecule has 400 valence electrons. The summed E-state index contributed by atoms with van der Waals surface area (Å²) < 4.78 is 1.70. The van der Waals surface area contributed by atoms with Crippen LogP contribution in [0.25, 0.3) is 21.5 Å². The van der Waals surface area contributed by atoms with Crippen LogP contribution in [0.1, 0.15) is 144 Å². The normalized spacial score (nSPS) is 17.6. The third kappa shape index (κ3) is 13.3. The average Bonchev–Trinajstić information content (AvgIpc) is 4.18. The molecule has 8 rings (SSSR count). The number of hydrogen-bond donors (Lipinski definition) is 4. The number of carbonyl (C=O) groups is 5. The van der Waals surface area contributed by atoms with Crippen molar-refractivity contribution in [1.29, 1.82) is 0 Å². The Bertz CT molecular complexity index is 2900. The zero-order valence-corrected chi connectivity index (χ0v) is 45.1. The second kappa shape index (κ2) is 24.4. The third-order valence-electron chi connectivity index (χ3n) is 15.0. The van der Waals surface area contributed by atoms with Gasteiger partial charge in [-0.2, -0.15) is 4.98 Å². The number of carbonyl (C=O) groups excluding carboxylic acids is 5. The van der Waals surface area contributed by atoms with Crippen molar-refractivity contribution in [1.82, 2.24) is 44.9 Å². The minimum atomic E-state index is -0.874. The lowest BCUT2D eigenvalue weighted by Gasteiger charge is -2.36. The summed E-state index contributed by atoms with van der Waals surface area (Å²) in [6.07, 6.45) is 12.4. The number of aryl methyl sites for hydroxylation is 2. The summed E-state index contributed by atoms with van der Waals surface area (Å²) in [6, 6.07) is 10.0. The lowest BCUT2D eigenvalue weighted by molar-refractivity contribution is -0.144. The fourth-order valence-electron chi connectivity index (χ4n) is 10.7. The molecule has 4 amide bonds. The second-order valence-electron chi connectivity index (χ2n) is 21.6. The van der Waals surface area contributed by atoms with Gasteiger partial charge in [0.15, 0.2) is 5.78 Å². The minimum absolute atomic E-state index is 0.0121. The number of thiazole rings is 1. The van der Waals surface area contributed by atoms with Gasteiger partial charge in [0.2, 0.25) is 29.6 Å². The van der Waals surface area contributed by atoms with Crippen LogP contribution >= 0.6 is 11.3 Å². The molecule has 0 spiro atoms. The van der Waals surface area contributed by atoms with Gasteiger partial charge in [0.05, 0.1) is 39.6 Å². The van der Waals surface area contributed by atoms with Crippen LogP contribution in [0, 0.1) is 19.3 Å². The molecule has 5 aromatic rings. The number of ketones is 1. The minimum Gasteiger partial charge on any atom is -0.391 e. The number of benzene rings is 1. The summed E-state index contributed by atoms with van der Waals surface area (Å²) in [7, 11) is 0. The van der Waals surface area contributed by atoms with Crippen LogP contribution < -0.4 is 26.4 Å². The highest BCUT2D eigenvalue weighted by Gasteiger charge is 2.44. The number of amides is 4. The quantitative estimate of drug-likeness (QED) is 0.0437. The van der Waals surface area contributed by atoms with Crippen molar-refractivity contribution < 1.29 is 29.1 Å². The number of rotatable bonds is 20. The summed E-state index contributed by atoms with van der Waals surface area (Å²) in [5.74, 6) is -0.174. The number of pyridine rings is 2. The van der Waals surface area contributed by atoms with Crippen LogP contribution in [-0.2, 0) is 25.7 Å². The Kier molecular flexibility index (Phi) is 17.8. The maximum atomic E-state index is 14.1. The van der Waals surface area contributed by atoms with Crippen molar-refractivity contribution >= 4 is 69.2 Å². The number of Topliss-reactive ketones (excluding diaryl/α,β-unsaturated/α-hetero) is 1. The number of aliphatic hydroxyl groups is 1. The van der Waals surface area contributed by atoms with E-state index in [1.165, 1.54) is 11.8 Å². The second-order valence-corrected chi connectivity index (χ2v) is 22.4. The Hall–Kier alpha value is -6.60. The van der Waals surface area contributed by atoms with Gasteiger partial charge in [-0.05, 0) is 80.7 Å². The number of aliphatic hydroxyl groups excluding tert-OH is 1. The number of β-amino-alcohol motifs (C(OH)–C–C–N with tert-alkyl or cyclic N) is 1. The highest BCUT2D eigenvalue weighted by molar-refractivity contribution is 7.13. The molecule has 18 nitrogen and oxygen atoms in total. The van der Waals surface area contributed by atoms with Crippen molar-refractivity contribution in [3.63, 3.8) is 0 Å². The Labute approximate surface area is 443 Å². The smallest absolute Gasteiger partial charge is 0.263 e. The Balaban J connectivity index is 0.716. The molecule has 4 N–H and O–H groups in total. The molecule has 2 saturated heterocycles. The lowest BCUT2D eigenvalue weighted by Crippen LogP contribution is -2.57. The molecule has 3 aliphatic rings. The Morgan fingerprint density at radius 2 is 1.55 bits per heavy atom. The van der Waals surface area contributed by atoms with Gasteiger partial charge in [-0.3, -0.25) is 33.3 Å². The van der Waals surface area contributed by atoms with Crippen molar-refractivity contribution in [2.24, 2.45) is 5.41 Å². The first-order chi connectivity index (χ1) is 36.0. The topological polar surface area (TPSA) is 225 Å². The monoisotopic (exact) mass is 1040 g/mol. The molecule has 3 fully saturated rings. The Morgan fingerprint density at radius 3 is 2.19 bits per heavy atom. The Morgan fingerprint density at radius 1 is 0.853 bits per heavy atom. The first kappa shape index (κ1) is 54.7. The van der Waals surface area contributed by atoms with Gasteiger partial charge in [-0.25, -0.2) is 15.0 Å². The largest absolute Gasteiger partial charge is 0.391 e. The highest BCUT2D eigenvalue weighted by Crippen LogP contribution is 2.33. The van der Waals surface area contributed by atoms with E-state index in [1.54, 1.807) is 35.2 Å². The summed E-state index contributed by atoms with van der Waals surface area (Å²) in [6.45, 7) is 13.8. The van der Waals surface area contributed by atoms with E-state index in [0.717, 1.165) is 85.2 Å². The van der Waals surface area contributed by atoms with Crippen LogP contribution in [0.15, 0.2) is 59.1 Å². The van der Waals surface area contributed by atoms with E-state index in [1.807, 2.05) is 74.5 Å². The highest BCUT2D eigenvalue weighted by atomic mass is 32.1. The van der Waals surface area contributed by atoms with E-state index in [0.29, 0.717) is 67.4 Å². The van der Waals surface area contributed by atoms with E-state index in [-0.39, 0.29) is 72.5 Å². The van der Waals surface area contributed by atoms with Crippen LogP contribution in [0.5, 0.6) is 0 Å². The van der Waals surface area contributed by atoms with Crippen molar-refractivity contribution in [2.75, 3.05) is 42.9 Å². The van der Waals surface area contributed by atoms with Crippen LogP contribution in [0.2, 0.25) is 0 Å². The van der Waals surface area contributed by atoms with Gasteiger partial charge in [-0.15, -0.1) is 11.3 Å². The molecule has 1 unspecified atom stereocenters. The molecule has 3 atom stereocenters. The molecule has 1 aromatic carbocycles. The third-order valence-corrected chi connectivity index (χ3v) is 16.0. The average molecular weight is 1040 g/mol. The lowest BCUT2D eigenvalue weighted by atomic mass is 9.85. The van der Waals surface area contributed by atoms with E-state index >= 15 is 0 Å². The summed E-state index contributed by atoms with van der Waals surface area (Å²) in [5, 5.41) is 20.4. The number of fused-ring (bicyclic) bond motifs is 1. The molecule has 6 heterocycles. The van der Waals surface area contributed by atoms with E-state index < -0.39 is 23.6 Å². The van der Waals surface area contributed by atoms with E-state index in [9.17, 15) is 33.9 Å². The molecule has 2 aliphatic heterocycles. The molecule has 19 heteroatoms. The number of nitrogens with zero attached hydrogens (tertiary/aromatic N) is 8. The number of unbranched alkanes of at least 4 members (excludes halogenated alkanes) is 5. The van der Waals surface area contributed by atoms with Gasteiger partial charge in [0.25, 0.3) is 5.56 Å². The van der Waals surface area contributed by atoms with Gasteiger partial charge >= 0.3 is 0 Å². The van der Waals surface area contributed by atoms with E-state index in [2.05, 4.69) is 35.8 Å². The van der Waals surface area contributed by atoms with Crippen LogP contribution in [-0.4, -0.2) is 120 Å². The maximum absolute atomic E-state index is 14.1. The van der Waals surface area contributed by atoms with Crippen LogP contribution in [0.3, 0.4) is 0 Å². The number of piperazine rings is 1. The van der Waals surface area contributed by atoms with Crippen molar-refractivity contribution in [3.8, 4) is 10.4 Å². The molecular weight excluding hydrogens is 971 g/mol. The van der Waals surface area contributed by atoms with Crippen LogP contribution in [0.4, 0.5) is 17.5 Å². The molecule has 1 saturated carbocycles. The van der Waals surface area contributed by atoms with Gasteiger partial charge < -0.3 is 35.8 Å². The number of anilines is 3. The fraction of sp³-hybridized carbons (Fsp3) is 0.536. The molecule has 75 heavy (non-hydrogen) atoms. The number of nitrogens with one attached hydrogen (secondary N) is 3. The van der Waals surface area contributed by atoms with E-state index in [4.69, 9.17) is 4.98 Å². The van der Waals surface area contributed by atoms with Gasteiger partial charge in [0.1, 0.15) is 23.5 Å². The van der Waals surface area contributed by atoms with Crippen molar-refractivity contribution in [2.45, 2.75) is 156 Å². The zero-order chi connectivity index (χ0) is 53.4. The molecule has 1 aliphatic carbocycles.